The van der Waals surface area contributed by atoms with Crippen LogP contribution >= 0.6 is 11.6 Å². The van der Waals surface area contributed by atoms with Gasteiger partial charge in [-0.25, -0.2) is 4.68 Å². The lowest BCUT2D eigenvalue weighted by molar-refractivity contribution is -0.384. The van der Waals surface area contributed by atoms with Crippen molar-refractivity contribution in [1.82, 2.24) is 9.78 Å². The molecule has 25 heavy (non-hydrogen) atoms. The number of anilines is 1. The second kappa shape index (κ2) is 6.74. The number of nitro groups is 1. The molecule has 0 aliphatic rings. The van der Waals surface area contributed by atoms with Crippen molar-refractivity contribution in [3.8, 4) is 5.69 Å². The average molecular weight is 357 g/mol. The van der Waals surface area contributed by atoms with Gasteiger partial charge in [0.25, 0.3) is 11.6 Å². The van der Waals surface area contributed by atoms with Gasteiger partial charge in [-0.1, -0.05) is 23.7 Å². The normalized spacial score (nSPS) is 10.5. The van der Waals surface area contributed by atoms with Crippen LogP contribution in [-0.2, 0) is 0 Å². The topological polar surface area (TPSA) is 90.1 Å². The van der Waals surface area contributed by atoms with Crippen molar-refractivity contribution in [2.75, 3.05) is 5.32 Å². The molecule has 1 heterocycles. The first kappa shape index (κ1) is 16.7. The number of nitrogens with zero attached hydrogens (tertiary/aromatic N) is 3. The largest absolute Gasteiger partial charge is 0.306 e. The number of aromatic nitrogens is 2. The Labute approximate surface area is 148 Å². The van der Waals surface area contributed by atoms with E-state index in [1.807, 2.05) is 0 Å². The van der Waals surface area contributed by atoms with Gasteiger partial charge in [0.2, 0.25) is 0 Å². The van der Waals surface area contributed by atoms with E-state index in [9.17, 15) is 14.9 Å². The molecule has 0 radical (unpaired) electrons. The molecule has 7 nitrogen and oxygen atoms in total. The van der Waals surface area contributed by atoms with Crippen LogP contribution in [-0.4, -0.2) is 20.6 Å². The third-order valence-corrected chi connectivity index (χ3v) is 3.83. The number of halogens is 1. The zero-order valence-corrected chi connectivity index (χ0v) is 13.9. The lowest BCUT2D eigenvalue weighted by Gasteiger charge is -2.09. The Bertz CT molecular complexity index is 951. The molecule has 0 saturated carbocycles. The van der Waals surface area contributed by atoms with Crippen molar-refractivity contribution in [2.24, 2.45) is 0 Å². The average Bonchev–Trinajstić information content (AvgIpc) is 2.95. The van der Waals surface area contributed by atoms with Crippen LogP contribution in [0, 0.1) is 17.0 Å². The van der Waals surface area contributed by atoms with E-state index in [0.717, 1.165) is 0 Å². The maximum absolute atomic E-state index is 12.4. The van der Waals surface area contributed by atoms with Crippen molar-refractivity contribution < 1.29 is 9.72 Å². The summed E-state index contributed by atoms with van der Waals surface area (Å²) in [6.45, 7) is 1.78. The highest BCUT2D eigenvalue weighted by Gasteiger charge is 2.15. The van der Waals surface area contributed by atoms with E-state index < -0.39 is 4.92 Å². The van der Waals surface area contributed by atoms with Gasteiger partial charge >= 0.3 is 0 Å². The number of amides is 1. The maximum Gasteiger partial charge on any atom is 0.269 e. The fourth-order valence-electron chi connectivity index (χ4n) is 2.33. The Hall–Kier alpha value is -3.19. The monoisotopic (exact) mass is 356 g/mol. The molecule has 0 saturated heterocycles. The first-order valence-electron chi connectivity index (χ1n) is 7.33. The number of nitrogens with one attached hydrogen (secondary N) is 1. The molecule has 3 aromatic rings. The highest BCUT2D eigenvalue weighted by molar-refractivity contribution is 6.34. The lowest BCUT2D eigenvalue weighted by Crippen LogP contribution is -2.15. The molecule has 0 aliphatic heterocycles. The van der Waals surface area contributed by atoms with E-state index in [0.29, 0.717) is 27.8 Å². The fourth-order valence-corrected chi connectivity index (χ4v) is 2.55. The van der Waals surface area contributed by atoms with Crippen LogP contribution in [0.3, 0.4) is 0 Å². The van der Waals surface area contributed by atoms with E-state index in [1.54, 1.807) is 49.4 Å². The van der Waals surface area contributed by atoms with Gasteiger partial charge in [-0.15, -0.1) is 0 Å². The van der Waals surface area contributed by atoms with E-state index in [4.69, 9.17) is 11.6 Å². The molecular weight excluding hydrogens is 344 g/mol. The van der Waals surface area contributed by atoms with Gasteiger partial charge in [-0.3, -0.25) is 14.9 Å². The number of benzene rings is 2. The van der Waals surface area contributed by atoms with Gasteiger partial charge in [0.05, 0.1) is 26.9 Å². The Balaban J connectivity index is 1.92. The first-order chi connectivity index (χ1) is 12.0. The first-order valence-corrected chi connectivity index (χ1v) is 7.71. The Morgan fingerprint density at radius 1 is 1.20 bits per heavy atom. The zero-order chi connectivity index (χ0) is 18.0. The summed E-state index contributed by atoms with van der Waals surface area (Å²) in [5.41, 5.74) is 1.61. The van der Waals surface area contributed by atoms with Gasteiger partial charge in [0.15, 0.2) is 0 Å². The molecule has 0 atom stereocenters. The van der Waals surface area contributed by atoms with Gasteiger partial charge in [-0.2, -0.15) is 5.10 Å². The van der Waals surface area contributed by atoms with Crippen molar-refractivity contribution in [2.45, 2.75) is 6.92 Å². The number of carbonyl (C=O) groups is 1. The van der Waals surface area contributed by atoms with Crippen LogP contribution in [0.2, 0.25) is 5.02 Å². The zero-order valence-electron chi connectivity index (χ0n) is 13.1. The summed E-state index contributed by atoms with van der Waals surface area (Å²) < 4.78 is 1.51. The molecular formula is C17H13ClN4O3. The predicted octanol–water partition coefficient (Wildman–Crippen LogP) is 3.99. The van der Waals surface area contributed by atoms with Crippen molar-refractivity contribution in [3.05, 3.63) is 81.0 Å². The summed E-state index contributed by atoms with van der Waals surface area (Å²) >= 11 is 6.05. The highest BCUT2D eigenvalue weighted by Crippen LogP contribution is 2.22. The summed E-state index contributed by atoms with van der Waals surface area (Å²) in [6, 6.07) is 14.3. The van der Waals surface area contributed by atoms with Gasteiger partial charge < -0.3 is 5.32 Å². The summed E-state index contributed by atoms with van der Waals surface area (Å²) in [5, 5.41) is 18.2. The molecule has 126 valence electrons. The van der Waals surface area contributed by atoms with Crippen LogP contribution in [0.15, 0.2) is 54.6 Å². The van der Waals surface area contributed by atoms with Crippen LogP contribution < -0.4 is 5.32 Å². The number of hydrogen-bond acceptors (Lipinski definition) is 4. The highest BCUT2D eigenvalue weighted by atomic mass is 35.5. The molecule has 0 bridgehead atoms. The van der Waals surface area contributed by atoms with Gasteiger partial charge in [0.1, 0.15) is 5.82 Å². The van der Waals surface area contributed by atoms with Crippen molar-refractivity contribution >= 4 is 29.0 Å². The second-order valence-electron chi connectivity index (χ2n) is 5.29. The minimum atomic E-state index is -0.474. The molecule has 8 heteroatoms. The smallest absolute Gasteiger partial charge is 0.269 e. The minimum absolute atomic E-state index is 0.0192. The summed E-state index contributed by atoms with van der Waals surface area (Å²) in [6.07, 6.45) is 0. The number of hydrogen-bond donors (Lipinski definition) is 1. The molecule has 0 aliphatic carbocycles. The van der Waals surface area contributed by atoms with Gasteiger partial charge in [0, 0.05) is 18.2 Å². The van der Waals surface area contributed by atoms with Crippen molar-refractivity contribution in [1.29, 1.82) is 0 Å². The van der Waals surface area contributed by atoms with Crippen LogP contribution in [0.5, 0.6) is 0 Å². The Morgan fingerprint density at radius 3 is 2.52 bits per heavy atom. The third-order valence-electron chi connectivity index (χ3n) is 3.50. The number of rotatable bonds is 4. The molecule has 1 aromatic heterocycles. The SMILES string of the molecule is Cc1cc(NC(=O)c2ccccc2Cl)n(-c2ccc([N+](=O)[O-])cc2)n1. The third kappa shape index (κ3) is 3.51. The Morgan fingerprint density at radius 2 is 1.88 bits per heavy atom. The molecule has 0 spiro atoms. The van der Waals surface area contributed by atoms with Crippen molar-refractivity contribution in [3.63, 3.8) is 0 Å². The molecule has 0 fully saturated rings. The summed E-state index contributed by atoms with van der Waals surface area (Å²) in [5.74, 6) is 0.0740. The molecule has 1 amide bonds. The summed E-state index contributed by atoms with van der Waals surface area (Å²) in [7, 11) is 0. The van der Waals surface area contributed by atoms with E-state index in [2.05, 4.69) is 10.4 Å². The molecule has 0 unspecified atom stereocenters. The predicted molar refractivity (Wildman–Crippen MR) is 94.4 cm³/mol. The molecule has 1 N–H and O–H groups in total. The standard InChI is InChI=1S/C17H13ClN4O3/c1-11-10-16(19-17(23)14-4-2-3-5-15(14)18)21(20-11)12-6-8-13(9-7-12)22(24)25/h2-10H,1H3,(H,19,23). The summed E-state index contributed by atoms with van der Waals surface area (Å²) in [4.78, 5) is 22.7. The van der Waals surface area contributed by atoms with E-state index >= 15 is 0 Å². The van der Waals surface area contributed by atoms with Crippen LogP contribution in [0.1, 0.15) is 16.1 Å². The fraction of sp³-hybridized carbons (Fsp3) is 0.0588. The second-order valence-corrected chi connectivity index (χ2v) is 5.70. The number of aryl methyl sites for hydroxylation is 1. The van der Waals surface area contributed by atoms with Crippen LogP contribution in [0.25, 0.3) is 5.69 Å². The Kier molecular flexibility index (Phi) is 4.49. The number of nitro benzene ring substituents is 1. The van der Waals surface area contributed by atoms with E-state index in [1.165, 1.54) is 16.8 Å². The maximum atomic E-state index is 12.4. The quantitative estimate of drug-likeness (QED) is 0.565. The van der Waals surface area contributed by atoms with Gasteiger partial charge in [-0.05, 0) is 31.2 Å². The number of carbonyl (C=O) groups excluding carboxylic acids is 1. The molecule has 2 aromatic carbocycles. The minimum Gasteiger partial charge on any atom is -0.306 e. The molecule has 3 rings (SSSR count). The number of non-ortho nitro benzene ring substituents is 1. The van der Waals surface area contributed by atoms with E-state index in [-0.39, 0.29) is 11.6 Å². The lowest BCUT2D eigenvalue weighted by atomic mass is 10.2. The van der Waals surface area contributed by atoms with Crippen LogP contribution in [0.4, 0.5) is 11.5 Å².